The first kappa shape index (κ1) is 99.9. The minimum Gasteiger partial charge on any atom is -0.463 e. The van der Waals surface area contributed by atoms with E-state index in [9.17, 15) is 43.5 Å². The topological polar surface area (TPSA) is 231 Å². The van der Waals surface area contributed by atoms with Crippen LogP contribution in [0.3, 0.4) is 0 Å². The Morgan fingerprint density at radius 3 is 0.810 bits per heavy atom. The van der Waals surface area contributed by atoms with Gasteiger partial charge >= 0.3 is 33.6 Å². The minimum absolute atomic E-state index is 0.0570. The highest BCUT2D eigenvalue weighted by Gasteiger charge is 2.29. The Morgan fingerprint density at radius 2 is 0.505 bits per heavy atom. The molecule has 0 saturated carbocycles. The molecule has 18 heteroatoms. The van der Waals surface area contributed by atoms with E-state index >= 15 is 0 Å². The molecule has 5 unspecified atom stereocenters. The highest BCUT2D eigenvalue weighted by atomic mass is 31.2. The molecule has 0 aromatic heterocycles. The molecule has 0 amide bonds. The van der Waals surface area contributed by atoms with E-state index in [4.69, 9.17) is 32.3 Å². The summed E-state index contributed by atoms with van der Waals surface area (Å²) in [6, 6.07) is 0. The van der Waals surface area contributed by atoms with Gasteiger partial charge in [0.05, 0.1) is 26.4 Å². The molecule has 0 saturated heterocycles. The Hall–Kier alpha value is -5.09. The first-order valence-corrected chi connectivity index (χ1v) is 43.4. The fraction of sp³-hybridized carbons (Fsp3) is 0.644. The number of phosphoric acid groups is 2. The van der Waals surface area contributed by atoms with E-state index in [-0.39, 0.29) is 19.3 Å². The van der Waals surface area contributed by atoms with Crippen molar-refractivity contribution in [3.63, 3.8) is 0 Å². The standard InChI is InChI=1S/C87H144O16P2/c1-4-7-10-13-16-19-22-25-28-31-34-36-38-39-40-41-43-45-47-49-52-55-58-61-64-67-70-73-85(90)97-76-82(88)77-99-104(93,94)100-78-83(89)79-101-105(95,96)102-81-84(103-87(92)75-72-69-66-63-60-57-54-51-46-33-30-27-24-21-18-15-12-9-6-3)80-98-86(91)74-71-68-65-62-59-56-53-50-48-44-42-37-35-32-29-26-23-20-17-14-11-8-5-2/h7,9-10,12,16-21,25-30,34-37,39-40,44,46,48,51,57,60,82-84,88-89H,4-6,8,11,13-15,22-24,31-33,38,41-43,45,47,49-50,52-56,58-59,61-81H2,1-3H3,(H,93,94)(H,95,96)/b10-7-,12-9-,19-16-,20-17-,21-18-,28-25-,29-26-,30-27-,36-34-,37-35-,40-39-,48-44-,51-46-,60-57-. The number of aliphatic hydroxyl groups is 2. The normalized spacial score (nSPS) is 14.8. The Kier molecular flexibility index (Phi) is 74.7. The summed E-state index contributed by atoms with van der Waals surface area (Å²) in [6.07, 6.45) is 99.6. The molecule has 0 aromatic carbocycles. The Bertz CT molecular complexity index is 2590. The monoisotopic (exact) mass is 1510 g/mol. The second-order valence-corrected chi connectivity index (χ2v) is 29.4. The van der Waals surface area contributed by atoms with Crippen LogP contribution in [-0.2, 0) is 55.8 Å². The number of allylic oxidation sites excluding steroid dienone is 28. The molecule has 0 aliphatic heterocycles. The molecule has 0 aliphatic carbocycles. The molecule has 0 spiro atoms. The Morgan fingerprint density at radius 1 is 0.276 bits per heavy atom. The summed E-state index contributed by atoms with van der Waals surface area (Å²) in [7, 11) is -9.82. The second kappa shape index (κ2) is 78.5. The van der Waals surface area contributed by atoms with Gasteiger partial charge in [0.1, 0.15) is 25.4 Å². The first-order valence-electron chi connectivity index (χ1n) is 40.4. The molecule has 0 radical (unpaired) electrons. The summed E-state index contributed by atoms with van der Waals surface area (Å²) in [5.41, 5.74) is 0. The van der Waals surface area contributed by atoms with Crippen molar-refractivity contribution in [3.8, 4) is 0 Å². The van der Waals surface area contributed by atoms with Gasteiger partial charge < -0.3 is 34.2 Å². The first-order chi connectivity index (χ1) is 51.2. The van der Waals surface area contributed by atoms with Crippen LogP contribution in [0.25, 0.3) is 0 Å². The maximum absolute atomic E-state index is 13.0. The lowest BCUT2D eigenvalue weighted by molar-refractivity contribution is -0.161. The zero-order valence-electron chi connectivity index (χ0n) is 65.3. The lowest BCUT2D eigenvalue weighted by atomic mass is 10.0. The van der Waals surface area contributed by atoms with Gasteiger partial charge in [-0.3, -0.25) is 32.5 Å². The number of esters is 3. The molecule has 0 aliphatic rings. The number of ether oxygens (including phenoxy) is 3. The highest BCUT2D eigenvalue weighted by Crippen LogP contribution is 2.45. The van der Waals surface area contributed by atoms with Crippen LogP contribution in [0.1, 0.15) is 303 Å². The number of carbonyl (C=O) groups excluding carboxylic acids is 3. The number of aliphatic hydroxyl groups excluding tert-OH is 2. The van der Waals surface area contributed by atoms with Gasteiger partial charge in [-0.15, -0.1) is 0 Å². The van der Waals surface area contributed by atoms with Crippen molar-refractivity contribution in [2.45, 2.75) is 322 Å². The molecule has 0 fully saturated rings. The van der Waals surface area contributed by atoms with Crippen molar-refractivity contribution in [2.75, 3.05) is 39.6 Å². The van der Waals surface area contributed by atoms with Crippen LogP contribution < -0.4 is 0 Å². The molecular weight excluding hydrogens is 1360 g/mol. The van der Waals surface area contributed by atoms with Crippen molar-refractivity contribution in [2.24, 2.45) is 0 Å². The van der Waals surface area contributed by atoms with Crippen LogP contribution in [-0.4, -0.2) is 95.9 Å². The summed E-state index contributed by atoms with van der Waals surface area (Å²) in [6.45, 7) is 2.37. The minimum atomic E-state index is -4.95. The predicted molar refractivity (Wildman–Crippen MR) is 435 cm³/mol. The third-order valence-corrected chi connectivity index (χ3v) is 18.3. The highest BCUT2D eigenvalue weighted by molar-refractivity contribution is 7.47. The molecule has 4 N–H and O–H groups in total. The van der Waals surface area contributed by atoms with Crippen molar-refractivity contribution >= 4 is 33.6 Å². The van der Waals surface area contributed by atoms with Crippen LogP contribution in [0.15, 0.2) is 170 Å². The van der Waals surface area contributed by atoms with Gasteiger partial charge in [0.25, 0.3) is 0 Å². The average Bonchev–Trinajstić information content (AvgIpc) is 0.941. The predicted octanol–water partition coefficient (Wildman–Crippen LogP) is 24.0. The third kappa shape index (κ3) is 79.8. The summed E-state index contributed by atoms with van der Waals surface area (Å²) >= 11 is 0. The lowest BCUT2D eigenvalue weighted by Crippen LogP contribution is -2.30. The molecule has 598 valence electrons. The zero-order chi connectivity index (χ0) is 76.6. The number of carbonyl (C=O) groups is 3. The van der Waals surface area contributed by atoms with Gasteiger partial charge in [0.2, 0.25) is 0 Å². The van der Waals surface area contributed by atoms with Gasteiger partial charge in [-0.05, 0) is 154 Å². The second-order valence-electron chi connectivity index (χ2n) is 26.5. The summed E-state index contributed by atoms with van der Waals surface area (Å²) < 4.78 is 61.2. The number of rotatable bonds is 75. The molecule has 105 heavy (non-hydrogen) atoms. The van der Waals surface area contributed by atoms with Gasteiger partial charge in [-0.1, -0.05) is 300 Å². The van der Waals surface area contributed by atoms with Crippen LogP contribution in [0, 0.1) is 0 Å². The smallest absolute Gasteiger partial charge is 0.463 e. The van der Waals surface area contributed by atoms with Crippen LogP contribution in [0.4, 0.5) is 0 Å². The Labute approximate surface area is 637 Å². The van der Waals surface area contributed by atoms with Crippen LogP contribution >= 0.6 is 15.6 Å². The summed E-state index contributed by atoms with van der Waals surface area (Å²) in [4.78, 5) is 58.7. The fourth-order valence-electron chi connectivity index (χ4n) is 10.3. The van der Waals surface area contributed by atoms with Gasteiger partial charge in [0.15, 0.2) is 6.10 Å². The van der Waals surface area contributed by atoms with Gasteiger partial charge in [0, 0.05) is 19.3 Å². The van der Waals surface area contributed by atoms with Gasteiger partial charge in [-0.25, -0.2) is 9.13 Å². The van der Waals surface area contributed by atoms with E-state index in [1.165, 1.54) is 64.2 Å². The fourth-order valence-corrected chi connectivity index (χ4v) is 11.9. The average molecular weight is 1510 g/mol. The number of hydrogen-bond donors (Lipinski definition) is 4. The van der Waals surface area contributed by atoms with E-state index in [2.05, 4.69) is 191 Å². The third-order valence-electron chi connectivity index (χ3n) is 16.4. The molecular formula is C87H144O16P2. The maximum Gasteiger partial charge on any atom is 0.472 e. The molecule has 0 bridgehead atoms. The van der Waals surface area contributed by atoms with E-state index in [0.29, 0.717) is 19.3 Å². The molecule has 16 nitrogen and oxygen atoms in total. The molecule has 0 aromatic rings. The number of phosphoric ester groups is 2. The number of hydrogen-bond acceptors (Lipinski definition) is 14. The van der Waals surface area contributed by atoms with Crippen molar-refractivity contribution < 1.29 is 75.8 Å². The Balaban J connectivity index is 4.68. The molecule has 0 heterocycles. The van der Waals surface area contributed by atoms with Crippen LogP contribution in [0.2, 0.25) is 0 Å². The maximum atomic E-state index is 13.0. The summed E-state index contributed by atoms with van der Waals surface area (Å²) in [5, 5.41) is 20.7. The lowest BCUT2D eigenvalue weighted by Gasteiger charge is -2.21. The zero-order valence-corrected chi connectivity index (χ0v) is 67.1. The van der Waals surface area contributed by atoms with E-state index in [1.54, 1.807) is 0 Å². The largest absolute Gasteiger partial charge is 0.472 e. The molecule has 0 rings (SSSR count). The quantitative estimate of drug-likeness (QED) is 0.0146. The van der Waals surface area contributed by atoms with Crippen LogP contribution in [0.5, 0.6) is 0 Å². The van der Waals surface area contributed by atoms with E-state index in [1.807, 2.05) is 0 Å². The molecule has 5 atom stereocenters. The van der Waals surface area contributed by atoms with E-state index < -0.39 is 91.5 Å². The van der Waals surface area contributed by atoms with Crippen molar-refractivity contribution in [1.82, 2.24) is 0 Å². The number of unbranched alkanes of at least 4 members (excludes halogenated alkanes) is 24. The summed E-state index contributed by atoms with van der Waals surface area (Å²) in [5.74, 6) is -1.63. The van der Waals surface area contributed by atoms with Crippen molar-refractivity contribution in [3.05, 3.63) is 170 Å². The SMILES string of the molecule is CC/C=C\C/C=C\C/C=C\C/C=C\C/C=C\CCCCCCCCCCCCCC(=O)OCC(O)COP(=O)(O)OCC(O)COP(=O)(O)OCC(COC(=O)CCCCCCCCC/C=C\C/C=C\C/C=C\C/C=C\CCCCC)OC(=O)CCCCC/C=C\C/C=C\C/C=C\C/C=C\C/C=C\CC. The van der Waals surface area contributed by atoms with E-state index in [0.717, 1.165) is 180 Å². The van der Waals surface area contributed by atoms with Gasteiger partial charge in [-0.2, -0.15) is 0 Å². The van der Waals surface area contributed by atoms with Crippen molar-refractivity contribution in [1.29, 1.82) is 0 Å².